The van der Waals surface area contributed by atoms with Gasteiger partial charge in [0.15, 0.2) is 0 Å². The lowest BCUT2D eigenvalue weighted by atomic mass is 10.0. The maximum Gasteiger partial charge on any atom is 0.417 e. The number of aliphatic hydroxyl groups is 1. The van der Waals surface area contributed by atoms with E-state index in [1.54, 1.807) is 16.9 Å². The van der Waals surface area contributed by atoms with E-state index in [4.69, 9.17) is 9.84 Å². The number of pyridine rings is 1. The van der Waals surface area contributed by atoms with Gasteiger partial charge in [0, 0.05) is 85.4 Å². The average Bonchev–Trinajstić information content (AvgIpc) is 3.43. The smallest absolute Gasteiger partial charge is 0.417 e. The Balaban J connectivity index is 1.19. The summed E-state index contributed by atoms with van der Waals surface area (Å²) in [5.41, 5.74) is 1.74. The topological polar surface area (TPSA) is 104 Å². The Morgan fingerprint density at radius 2 is 1.80 bits per heavy atom. The molecule has 49 heavy (non-hydrogen) atoms. The van der Waals surface area contributed by atoms with Crippen LogP contribution in [0.15, 0.2) is 47.5 Å². The van der Waals surface area contributed by atoms with E-state index in [-0.39, 0.29) is 30.6 Å². The second-order valence-electron chi connectivity index (χ2n) is 13.2. The summed E-state index contributed by atoms with van der Waals surface area (Å²) in [6.07, 6.45) is 3.05. The number of aromatic nitrogens is 3. The van der Waals surface area contributed by atoms with E-state index >= 15 is 0 Å². The molecule has 3 aromatic rings. The van der Waals surface area contributed by atoms with Gasteiger partial charge in [-0.2, -0.15) is 22.6 Å². The third-order valence-corrected chi connectivity index (χ3v) is 11.8. The molecule has 0 spiro atoms. The van der Waals surface area contributed by atoms with Crippen molar-refractivity contribution in [2.24, 2.45) is 0 Å². The number of fused-ring (bicyclic) bond motifs is 1. The highest BCUT2D eigenvalue weighted by Crippen LogP contribution is 2.40. The van der Waals surface area contributed by atoms with Crippen molar-refractivity contribution in [1.29, 1.82) is 0 Å². The molecule has 0 radical (unpaired) electrons. The van der Waals surface area contributed by atoms with Crippen LogP contribution in [0.1, 0.15) is 48.9 Å². The van der Waals surface area contributed by atoms with Crippen molar-refractivity contribution in [2.45, 2.75) is 74.9 Å². The van der Waals surface area contributed by atoms with E-state index in [0.717, 1.165) is 69.9 Å². The monoisotopic (exact) mass is 722 g/mol. The van der Waals surface area contributed by atoms with Crippen molar-refractivity contribution in [3.05, 3.63) is 59.4 Å². The lowest BCUT2D eigenvalue weighted by Crippen LogP contribution is -2.43. The number of sulfonamides is 1. The van der Waals surface area contributed by atoms with Gasteiger partial charge in [-0.05, 0) is 57.0 Å². The molecule has 1 aromatic carbocycles. The molecule has 1 N–H and O–H groups in total. The largest absolute Gasteiger partial charge is 0.474 e. The van der Waals surface area contributed by atoms with Crippen LogP contribution in [0.25, 0.3) is 11.3 Å². The first-order chi connectivity index (χ1) is 23.4. The SMILES string of the molecule is CS(=O)(=O)N1CCc2c(c(-c3ccc(C(F)(F)F)c(SCCN4CCCCC4)c3)nn2CC(O)CN2CCC(Oc3ccccn3)CC2)C1. The molecule has 0 aliphatic carbocycles. The maximum absolute atomic E-state index is 14.1. The summed E-state index contributed by atoms with van der Waals surface area (Å²) in [5, 5.41) is 16.1. The predicted octanol–water partition coefficient (Wildman–Crippen LogP) is 4.76. The highest BCUT2D eigenvalue weighted by atomic mass is 32.2. The van der Waals surface area contributed by atoms with Crippen molar-refractivity contribution in [3.63, 3.8) is 0 Å². The number of likely N-dealkylation sites (tertiary alicyclic amines) is 2. The van der Waals surface area contributed by atoms with Gasteiger partial charge in [-0.25, -0.2) is 13.4 Å². The van der Waals surface area contributed by atoms with E-state index in [0.29, 0.717) is 48.0 Å². The highest BCUT2D eigenvalue weighted by Gasteiger charge is 2.35. The fraction of sp³-hybridized carbons (Fsp3) is 0.588. The van der Waals surface area contributed by atoms with Gasteiger partial charge in [0.2, 0.25) is 15.9 Å². The van der Waals surface area contributed by atoms with Crippen LogP contribution in [0, 0.1) is 0 Å². The van der Waals surface area contributed by atoms with E-state index < -0.39 is 27.9 Å². The summed E-state index contributed by atoms with van der Waals surface area (Å²) in [5.74, 6) is 1.13. The molecule has 1 atom stereocenters. The number of hydrogen-bond donors (Lipinski definition) is 1. The lowest BCUT2D eigenvalue weighted by molar-refractivity contribution is -0.139. The molecule has 15 heteroatoms. The molecule has 6 rings (SSSR count). The van der Waals surface area contributed by atoms with Crippen molar-refractivity contribution in [1.82, 2.24) is 28.9 Å². The zero-order valence-corrected chi connectivity index (χ0v) is 29.4. The van der Waals surface area contributed by atoms with Gasteiger partial charge in [-0.1, -0.05) is 18.6 Å². The van der Waals surface area contributed by atoms with E-state index in [1.165, 1.54) is 28.6 Å². The highest BCUT2D eigenvalue weighted by molar-refractivity contribution is 7.99. The van der Waals surface area contributed by atoms with Gasteiger partial charge in [0.05, 0.1) is 30.2 Å². The van der Waals surface area contributed by atoms with Gasteiger partial charge in [0.25, 0.3) is 0 Å². The van der Waals surface area contributed by atoms with Crippen LogP contribution in [0.5, 0.6) is 5.88 Å². The quantitative estimate of drug-likeness (QED) is 0.265. The van der Waals surface area contributed by atoms with E-state index in [2.05, 4.69) is 14.8 Å². The number of thioether (sulfide) groups is 1. The van der Waals surface area contributed by atoms with Gasteiger partial charge >= 0.3 is 6.18 Å². The molecular weight excluding hydrogens is 678 g/mol. The number of ether oxygens (including phenoxy) is 1. The second-order valence-corrected chi connectivity index (χ2v) is 16.3. The Bertz CT molecular complexity index is 1660. The van der Waals surface area contributed by atoms with E-state index in [1.807, 2.05) is 18.2 Å². The number of piperidine rings is 2. The number of nitrogens with zero attached hydrogens (tertiary/aromatic N) is 6. The molecule has 3 aliphatic heterocycles. The Morgan fingerprint density at radius 3 is 2.49 bits per heavy atom. The van der Waals surface area contributed by atoms with E-state index in [9.17, 15) is 26.7 Å². The summed E-state index contributed by atoms with van der Waals surface area (Å²) in [6.45, 7) is 5.11. The van der Waals surface area contributed by atoms with Crippen LogP contribution in [0.3, 0.4) is 0 Å². The molecule has 0 amide bonds. The minimum atomic E-state index is -4.51. The number of alkyl halides is 3. The average molecular weight is 723 g/mol. The van der Waals surface area contributed by atoms with Crippen LogP contribution in [0.4, 0.5) is 13.2 Å². The number of rotatable bonds is 12. The summed E-state index contributed by atoms with van der Waals surface area (Å²) in [6, 6.07) is 9.65. The predicted molar refractivity (Wildman–Crippen MR) is 183 cm³/mol. The molecule has 3 aliphatic rings. The number of benzene rings is 1. The molecule has 2 fully saturated rings. The molecule has 2 aromatic heterocycles. The summed E-state index contributed by atoms with van der Waals surface area (Å²) < 4.78 is 76.5. The number of halogens is 3. The van der Waals surface area contributed by atoms with Crippen LogP contribution < -0.4 is 4.74 Å². The van der Waals surface area contributed by atoms with Crippen LogP contribution in [-0.2, 0) is 35.7 Å². The molecule has 10 nitrogen and oxygen atoms in total. The van der Waals surface area contributed by atoms with Gasteiger partial charge in [-0.3, -0.25) is 4.68 Å². The Morgan fingerprint density at radius 1 is 1.02 bits per heavy atom. The molecule has 0 bridgehead atoms. The molecule has 2 saturated heterocycles. The minimum absolute atomic E-state index is 0.0540. The summed E-state index contributed by atoms with van der Waals surface area (Å²) in [4.78, 5) is 8.86. The van der Waals surface area contributed by atoms with Crippen molar-refractivity contribution in [2.75, 3.05) is 57.8 Å². The normalized spacial score (nSPS) is 19.5. The molecular formula is C34H45F3N6O4S2. The Labute approximate surface area is 290 Å². The number of aliphatic hydroxyl groups excluding tert-OH is 1. The second kappa shape index (κ2) is 15.7. The molecule has 268 valence electrons. The van der Waals surface area contributed by atoms with Crippen LogP contribution in [0.2, 0.25) is 0 Å². The summed E-state index contributed by atoms with van der Waals surface area (Å²) >= 11 is 1.20. The third-order valence-electron chi connectivity index (χ3n) is 9.55. The first-order valence-corrected chi connectivity index (χ1v) is 19.9. The van der Waals surface area contributed by atoms with Crippen molar-refractivity contribution in [3.8, 4) is 17.1 Å². The Kier molecular flexibility index (Phi) is 11.6. The first kappa shape index (κ1) is 36.1. The fourth-order valence-corrected chi connectivity index (χ4v) is 8.88. The molecule has 5 heterocycles. The van der Waals surface area contributed by atoms with Crippen molar-refractivity contribution >= 4 is 21.8 Å². The maximum atomic E-state index is 14.1. The van der Waals surface area contributed by atoms with Gasteiger partial charge < -0.3 is 19.6 Å². The van der Waals surface area contributed by atoms with Crippen LogP contribution in [-0.4, -0.2) is 112 Å². The number of β-amino-alcohol motifs (C(OH)–C–C–N with tert-alkyl or cyclic N) is 1. The third kappa shape index (κ3) is 9.36. The van der Waals surface area contributed by atoms with Gasteiger partial charge in [0.1, 0.15) is 6.10 Å². The minimum Gasteiger partial charge on any atom is -0.474 e. The van der Waals surface area contributed by atoms with Gasteiger partial charge in [-0.15, -0.1) is 11.8 Å². The standard InChI is InChI=1S/C34H45F3N6O4S2/c1-49(45,46)42-18-12-30-28(24-42)33(25-8-9-29(34(35,36)37)31(21-25)48-20-19-40-14-5-2-6-15-40)39-43(30)23-26(44)22-41-16-10-27(11-17-41)47-32-7-3-4-13-38-32/h3-4,7-9,13,21,26-27,44H,2,5-6,10-12,14-20,22-24H2,1H3. The number of hydrogen-bond acceptors (Lipinski definition) is 9. The lowest BCUT2D eigenvalue weighted by Gasteiger charge is -2.33. The zero-order valence-electron chi connectivity index (χ0n) is 27.8. The molecule has 1 unspecified atom stereocenters. The molecule has 0 saturated carbocycles. The Hall–Kier alpha value is -2.69. The zero-order chi connectivity index (χ0) is 34.6. The van der Waals surface area contributed by atoms with Crippen molar-refractivity contribution < 1.29 is 31.4 Å². The fourth-order valence-electron chi connectivity index (χ4n) is 6.98. The summed E-state index contributed by atoms with van der Waals surface area (Å²) in [7, 11) is -3.51. The van der Waals surface area contributed by atoms with Crippen LogP contribution >= 0.6 is 11.8 Å². The first-order valence-electron chi connectivity index (χ1n) is 17.0.